The highest BCUT2D eigenvalue weighted by Gasteiger charge is 2.59. The Labute approximate surface area is 105 Å². The molecule has 2 fully saturated rings. The molecule has 2 rings (SSSR count). The van der Waals surface area contributed by atoms with E-state index < -0.39 is 5.60 Å². The number of ether oxygens (including phenoxy) is 1. The molecule has 3 nitrogen and oxygen atoms in total. The van der Waals surface area contributed by atoms with Crippen LogP contribution in [0.1, 0.15) is 47.0 Å². The van der Waals surface area contributed by atoms with E-state index in [0.717, 1.165) is 19.4 Å². The zero-order valence-corrected chi connectivity index (χ0v) is 11.6. The Morgan fingerprint density at radius 3 is 2.82 bits per heavy atom. The van der Waals surface area contributed by atoms with Crippen LogP contribution in [0.4, 0.5) is 0 Å². The van der Waals surface area contributed by atoms with Gasteiger partial charge in [-0.25, -0.2) is 0 Å². The SMILES string of the molecule is CCCC(C)(O)CNC1C2CCOC2C1(C)C. The number of fused-ring (bicyclic) bond motifs is 1. The van der Waals surface area contributed by atoms with Gasteiger partial charge in [0.1, 0.15) is 0 Å². The second-order valence-corrected chi connectivity index (χ2v) is 6.67. The van der Waals surface area contributed by atoms with Gasteiger partial charge >= 0.3 is 0 Å². The highest BCUT2D eigenvalue weighted by atomic mass is 16.5. The number of nitrogens with one attached hydrogen (secondary N) is 1. The van der Waals surface area contributed by atoms with Gasteiger partial charge < -0.3 is 15.2 Å². The Morgan fingerprint density at radius 2 is 2.18 bits per heavy atom. The fourth-order valence-corrected chi connectivity index (χ4v) is 3.70. The van der Waals surface area contributed by atoms with Crippen molar-refractivity contribution in [1.29, 1.82) is 0 Å². The molecule has 17 heavy (non-hydrogen) atoms. The highest BCUT2D eigenvalue weighted by molar-refractivity contribution is 5.11. The van der Waals surface area contributed by atoms with E-state index in [1.54, 1.807) is 0 Å². The average Bonchev–Trinajstić information content (AvgIpc) is 2.63. The predicted molar refractivity (Wildman–Crippen MR) is 69.0 cm³/mol. The maximum Gasteiger partial charge on any atom is 0.0743 e. The summed E-state index contributed by atoms with van der Waals surface area (Å²) in [5.74, 6) is 0.655. The number of hydrogen-bond acceptors (Lipinski definition) is 3. The van der Waals surface area contributed by atoms with E-state index in [1.165, 1.54) is 6.42 Å². The summed E-state index contributed by atoms with van der Waals surface area (Å²) in [5, 5.41) is 13.8. The van der Waals surface area contributed by atoms with Crippen LogP contribution in [-0.4, -0.2) is 36.0 Å². The van der Waals surface area contributed by atoms with Crippen LogP contribution in [0.5, 0.6) is 0 Å². The van der Waals surface area contributed by atoms with Crippen molar-refractivity contribution >= 4 is 0 Å². The third-order valence-electron chi connectivity index (χ3n) is 4.59. The van der Waals surface area contributed by atoms with Crippen LogP contribution in [0.3, 0.4) is 0 Å². The largest absolute Gasteiger partial charge is 0.389 e. The Balaban J connectivity index is 1.87. The zero-order chi connectivity index (χ0) is 12.7. The summed E-state index contributed by atoms with van der Waals surface area (Å²) in [5.41, 5.74) is -0.362. The molecular weight excluding hydrogens is 214 g/mol. The van der Waals surface area contributed by atoms with Crippen molar-refractivity contribution in [1.82, 2.24) is 5.32 Å². The number of rotatable bonds is 5. The molecule has 4 atom stereocenters. The van der Waals surface area contributed by atoms with Crippen molar-refractivity contribution in [2.24, 2.45) is 11.3 Å². The van der Waals surface area contributed by atoms with Crippen LogP contribution in [0, 0.1) is 11.3 Å². The molecule has 0 aromatic rings. The Bertz CT molecular complexity index is 275. The van der Waals surface area contributed by atoms with Crippen LogP contribution in [0.25, 0.3) is 0 Å². The second-order valence-electron chi connectivity index (χ2n) is 6.67. The molecule has 0 aromatic heterocycles. The van der Waals surface area contributed by atoms with Crippen LogP contribution >= 0.6 is 0 Å². The molecule has 1 aliphatic carbocycles. The molecule has 2 aliphatic rings. The van der Waals surface area contributed by atoms with Gasteiger partial charge in [0, 0.05) is 30.5 Å². The van der Waals surface area contributed by atoms with E-state index in [9.17, 15) is 5.11 Å². The van der Waals surface area contributed by atoms with Crippen LogP contribution in [-0.2, 0) is 4.74 Å². The molecule has 4 unspecified atom stereocenters. The zero-order valence-electron chi connectivity index (χ0n) is 11.6. The Hall–Kier alpha value is -0.120. The maximum atomic E-state index is 10.2. The minimum atomic E-state index is -0.574. The fraction of sp³-hybridized carbons (Fsp3) is 1.00. The molecule has 2 N–H and O–H groups in total. The standard InChI is InChI=1S/C14H27NO2/c1-5-7-14(4,16)9-15-11-10-6-8-17-12(10)13(11,2)3/h10-12,15-16H,5-9H2,1-4H3. The predicted octanol–water partition coefficient (Wildman–Crippen LogP) is 1.94. The summed E-state index contributed by atoms with van der Waals surface area (Å²) in [6.07, 6.45) is 3.48. The fourth-order valence-electron chi connectivity index (χ4n) is 3.70. The topological polar surface area (TPSA) is 41.5 Å². The monoisotopic (exact) mass is 241 g/mol. The van der Waals surface area contributed by atoms with Gasteiger partial charge in [0.2, 0.25) is 0 Å². The van der Waals surface area contributed by atoms with Gasteiger partial charge in [-0.3, -0.25) is 0 Å². The molecule has 1 aliphatic heterocycles. The molecule has 1 heterocycles. The van der Waals surface area contributed by atoms with E-state index in [-0.39, 0.29) is 5.41 Å². The summed E-state index contributed by atoms with van der Waals surface area (Å²) >= 11 is 0. The van der Waals surface area contributed by atoms with Crippen molar-refractivity contribution < 1.29 is 9.84 Å². The highest BCUT2D eigenvalue weighted by Crippen LogP contribution is 2.52. The van der Waals surface area contributed by atoms with Gasteiger partial charge in [0.05, 0.1) is 11.7 Å². The van der Waals surface area contributed by atoms with E-state index in [1.807, 2.05) is 6.92 Å². The smallest absolute Gasteiger partial charge is 0.0743 e. The first-order valence-electron chi connectivity index (χ1n) is 6.96. The number of aliphatic hydroxyl groups is 1. The minimum Gasteiger partial charge on any atom is -0.389 e. The van der Waals surface area contributed by atoms with Gasteiger partial charge in [-0.15, -0.1) is 0 Å². The third-order valence-corrected chi connectivity index (χ3v) is 4.59. The molecule has 3 heteroatoms. The lowest BCUT2D eigenvalue weighted by molar-refractivity contribution is -0.117. The van der Waals surface area contributed by atoms with Crippen LogP contribution in [0.15, 0.2) is 0 Å². The molecule has 1 saturated carbocycles. The summed E-state index contributed by atoms with van der Waals surface area (Å²) < 4.78 is 5.77. The van der Waals surface area contributed by atoms with Crippen LogP contribution < -0.4 is 5.32 Å². The molecular formula is C14H27NO2. The normalized spacial score (nSPS) is 38.3. The molecule has 0 spiro atoms. The van der Waals surface area contributed by atoms with Crippen molar-refractivity contribution in [3.05, 3.63) is 0 Å². The number of hydrogen-bond donors (Lipinski definition) is 2. The first-order valence-corrected chi connectivity index (χ1v) is 6.96. The molecule has 0 bridgehead atoms. The second kappa shape index (κ2) is 4.52. The molecule has 0 amide bonds. The Morgan fingerprint density at radius 1 is 1.47 bits per heavy atom. The molecule has 0 aromatic carbocycles. The van der Waals surface area contributed by atoms with Crippen LogP contribution in [0.2, 0.25) is 0 Å². The third kappa shape index (κ3) is 2.38. The first kappa shape index (κ1) is 13.3. The lowest BCUT2D eigenvalue weighted by Crippen LogP contribution is -2.67. The van der Waals surface area contributed by atoms with Crippen molar-refractivity contribution in [2.75, 3.05) is 13.2 Å². The molecule has 100 valence electrons. The summed E-state index contributed by atoms with van der Waals surface area (Å²) in [6, 6.07) is 0.498. The first-order chi connectivity index (χ1) is 7.88. The Kier molecular flexibility index (Phi) is 3.54. The summed E-state index contributed by atoms with van der Waals surface area (Å²) in [4.78, 5) is 0. The van der Waals surface area contributed by atoms with E-state index in [0.29, 0.717) is 24.6 Å². The van der Waals surface area contributed by atoms with E-state index in [4.69, 9.17) is 4.74 Å². The van der Waals surface area contributed by atoms with Crippen molar-refractivity contribution in [3.63, 3.8) is 0 Å². The van der Waals surface area contributed by atoms with Gasteiger partial charge in [0.25, 0.3) is 0 Å². The van der Waals surface area contributed by atoms with Gasteiger partial charge in [-0.05, 0) is 19.8 Å². The molecule has 0 radical (unpaired) electrons. The molecule has 1 saturated heterocycles. The quantitative estimate of drug-likeness (QED) is 0.773. The van der Waals surface area contributed by atoms with Crippen molar-refractivity contribution in [2.45, 2.75) is 64.7 Å². The average molecular weight is 241 g/mol. The minimum absolute atomic E-state index is 0.212. The van der Waals surface area contributed by atoms with E-state index >= 15 is 0 Å². The maximum absolute atomic E-state index is 10.2. The van der Waals surface area contributed by atoms with E-state index in [2.05, 4.69) is 26.1 Å². The summed E-state index contributed by atoms with van der Waals surface area (Å²) in [6.45, 7) is 10.2. The van der Waals surface area contributed by atoms with Gasteiger partial charge in [0.15, 0.2) is 0 Å². The van der Waals surface area contributed by atoms with Crippen molar-refractivity contribution in [3.8, 4) is 0 Å². The van der Waals surface area contributed by atoms with Gasteiger partial charge in [-0.1, -0.05) is 27.2 Å². The lowest BCUT2D eigenvalue weighted by Gasteiger charge is -2.55. The van der Waals surface area contributed by atoms with Gasteiger partial charge in [-0.2, -0.15) is 0 Å². The lowest BCUT2D eigenvalue weighted by atomic mass is 9.57. The summed E-state index contributed by atoms with van der Waals surface area (Å²) in [7, 11) is 0.